The lowest BCUT2D eigenvalue weighted by atomic mass is 9.93. The molecule has 0 aliphatic carbocycles. The fourth-order valence-corrected chi connectivity index (χ4v) is 3.93. The molecule has 1 aliphatic rings. The predicted molar refractivity (Wildman–Crippen MR) is 111 cm³/mol. The normalized spacial score (nSPS) is 16.0. The van der Waals surface area contributed by atoms with Gasteiger partial charge in [0, 0.05) is 44.0 Å². The largest absolute Gasteiger partial charge is 0.338 e. The number of amides is 2. The van der Waals surface area contributed by atoms with Crippen molar-refractivity contribution in [2.24, 2.45) is 5.92 Å². The first-order chi connectivity index (χ1) is 13.0. The summed E-state index contributed by atoms with van der Waals surface area (Å²) >= 11 is 0. The minimum Gasteiger partial charge on any atom is -0.338 e. The maximum absolute atomic E-state index is 12.5. The van der Waals surface area contributed by atoms with E-state index < -0.39 is 0 Å². The van der Waals surface area contributed by atoms with E-state index in [-0.39, 0.29) is 6.03 Å². The van der Waals surface area contributed by atoms with E-state index >= 15 is 0 Å². The fourth-order valence-electron chi connectivity index (χ4n) is 3.93. The quantitative estimate of drug-likeness (QED) is 0.842. The third-order valence-corrected chi connectivity index (χ3v) is 5.73. The van der Waals surface area contributed by atoms with Gasteiger partial charge in [0.1, 0.15) is 0 Å². The van der Waals surface area contributed by atoms with E-state index in [0.717, 1.165) is 35.2 Å². The van der Waals surface area contributed by atoms with Crippen molar-refractivity contribution in [3.8, 4) is 0 Å². The van der Waals surface area contributed by atoms with Gasteiger partial charge in [-0.3, -0.25) is 4.98 Å². The molecule has 1 aromatic heterocycles. The molecule has 2 heterocycles. The van der Waals surface area contributed by atoms with Gasteiger partial charge in [-0.2, -0.15) is 0 Å². The second kappa shape index (κ2) is 9.18. The highest BCUT2D eigenvalue weighted by molar-refractivity contribution is 5.85. The van der Waals surface area contributed by atoms with E-state index in [1.807, 2.05) is 25.4 Å². The molecule has 0 bridgehead atoms. The number of nitrogens with one attached hydrogen (secondary N) is 1. The Kier molecular flexibility index (Phi) is 6.67. The number of hydrogen-bond acceptors (Lipinski definition) is 3. The predicted octanol–water partition coefficient (Wildman–Crippen LogP) is 3.89. The molecule has 2 amide bonds. The van der Waals surface area contributed by atoms with Crippen molar-refractivity contribution in [2.45, 2.75) is 45.7 Å². The highest BCUT2D eigenvalue weighted by Gasteiger charge is 2.20. The lowest BCUT2D eigenvalue weighted by Crippen LogP contribution is -2.40. The molecule has 0 unspecified atom stereocenters. The van der Waals surface area contributed by atoms with Gasteiger partial charge in [0.2, 0.25) is 0 Å². The van der Waals surface area contributed by atoms with Crippen molar-refractivity contribution < 1.29 is 4.79 Å². The number of carbonyl (C=O) groups excluding carboxylic acids is 1. The summed E-state index contributed by atoms with van der Waals surface area (Å²) < 4.78 is 0. The van der Waals surface area contributed by atoms with E-state index in [0.29, 0.717) is 12.6 Å². The van der Waals surface area contributed by atoms with Crippen molar-refractivity contribution in [3.05, 3.63) is 42.2 Å². The standard InChI is InChI=1S/C22H32N4O/c1-17(2)26-13-9-18(10-14-26)7-12-24-22(27)25(3)16-20-6-4-5-19-15-23-11-8-21(19)20/h4-6,8,11,15,17-18H,7,9-10,12-14,16H2,1-3H3,(H,24,27). The molecular weight excluding hydrogens is 336 g/mol. The molecule has 0 radical (unpaired) electrons. The van der Waals surface area contributed by atoms with E-state index in [2.05, 4.69) is 41.2 Å². The van der Waals surface area contributed by atoms with Crippen LogP contribution in [-0.4, -0.2) is 53.5 Å². The van der Waals surface area contributed by atoms with Crippen molar-refractivity contribution in [1.82, 2.24) is 20.1 Å². The molecular formula is C22H32N4O. The average molecular weight is 369 g/mol. The number of benzene rings is 1. The molecule has 146 valence electrons. The van der Waals surface area contributed by atoms with Crippen LogP contribution in [0, 0.1) is 5.92 Å². The van der Waals surface area contributed by atoms with Crippen LogP contribution < -0.4 is 5.32 Å². The summed E-state index contributed by atoms with van der Waals surface area (Å²) in [5.41, 5.74) is 1.15. The number of carbonyl (C=O) groups is 1. The van der Waals surface area contributed by atoms with Crippen LogP contribution in [-0.2, 0) is 6.54 Å². The van der Waals surface area contributed by atoms with E-state index in [1.54, 1.807) is 11.1 Å². The minimum atomic E-state index is 0.000626. The van der Waals surface area contributed by atoms with E-state index in [4.69, 9.17) is 0 Å². The molecule has 0 saturated carbocycles. The Morgan fingerprint density at radius 1 is 1.30 bits per heavy atom. The van der Waals surface area contributed by atoms with Gasteiger partial charge in [0.05, 0.1) is 0 Å². The summed E-state index contributed by atoms with van der Waals surface area (Å²) in [7, 11) is 1.86. The monoisotopic (exact) mass is 368 g/mol. The lowest BCUT2D eigenvalue weighted by molar-refractivity contribution is 0.145. The van der Waals surface area contributed by atoms with Gasteiger partial charge in [0.15, 0.2) is 0 Å². The zero-order chi connectivity index (χ0) is 19.2. The van der Waals surface area contributed by atoms with E-state index in [9.17, 15) is 4.79 Å². The Balaban J connectivity index is 1.44. The number of likely N-dealkylation sites (tertiary alicyclic amines) is 1. The summed E-state index contributed by atoms with van der Waals surface area (Å²) in [6.07, 6.45) is 7.23. The van der Waals surface area contributed by atoms with Crippen molar-refractivity contribution >= 4 is 16.8 Å². The second-order valence-corrected chi connectivity index (χ2v) is 7.96. The van der Waals surface area contributed by atoms with Gasteiger partial charge in [-0.05, 0) is 69.1 Å². The first-order valence-corrected chi connectivity index (χ1v) is 10.1. The van der Waals surface area contributed by atoms with Crippen LogP contribution in [0.4, 0.5) is 4.79 Å². The first-order valence-electron chi connectivity index (χ1n) is 10.1. The average Bonchev–Trinajstić information content (AvgIpc) is 2.68. The SMILES string of the molecule is CC(C)N1CCC(CCNC(=O)N(C)Cc2cccc3cnccc23)CC1. The maximum atomic E-state index is 12.5. The summed E-state index contributed by atoms with van der Waals surface area (Å²) in [6, 6.07) is 8.81. The highest BCUT2D eigenvalue weighted by atomic mass is 16.2. The molecule has 1 saturated heterocycles. The Morgan fingerprint density at radius 2 is 2.07 bits per heavy atom. The third kappa shape index (κ3) is 5.19. The van der Waals surface area contributed by atoms with E-state index in [1.165, 1.54) is 25.9 Å². The van der Waals surface area contributed by atoms with Crippen molar-refractivity contribution in [2.75, 3.05) is 26.7 Å². The highest BCUT2D eigenvalue weighted by Crippen LogP contribution is 2.21. The van der Waals surface area contributed by atoms with Crippen LogP contribution in [0.2, 0.25) is 0 Å². The van der Waals surface area contributed by atoms with Gasteiger partial charge < -0.3 is 15.1 Å². The van der Waals surface area contributed by atoms with Gasteiger partial charge in [-0.25, -0.2) is 4.79 Å². The number of nitrogens with zero attached hydrogens (tertiary/aromatic N) is 3. The van der Waals surface area contributed by atoms with Crippen LogP contribution >= 0.6 is 0 Å². The van der Waals surface area contributed by atoms with Crippen molar-refractivity contribution in [3.63, 3.8) is 0 Å². The molecule has 5 heteroatoms. The minimum absolute atomic E-state index is 0.000626. The summed E-state index contributed by atoms with van der Waals surface area (Å²) in [4.78, 5) is 20.9. The summed E-state index contributed by atoms with van der Waals surface area (Å²) in [6.45, 7) is 8.26. The third-order valence-electron chi connectivity index (χ3n) is 5.73. The topological polar surface area (TPSA) is 48.5 Å². The van der Waals surface area contributed by atoms with Crippen LogP contribution in [0.3, 0.4) is 0 Å². The number of urea groups is 1. The fraction of sp³-hybridized carbons (Fsp3) is 0.545. The number of pyridine rings is 1. The molecule has 2 aromatic rings. The van der Waals surface area contributed by atoms with Gasteiger partial charge >= 0.3 is 6.03 Å². The Labute approximate surface area is 162 Å². The lowest BCUT2D eigenvalue weighted by Gasteiger charge is -2.34. The van der Waals surface area contributed by atoms with Gasteiger partial charge in [0.25, 0.3) is 0 Å². The van der Waals surface area contributed by atoms with Gasteiger partial charge in [-0.1, -0.05) is 18.2 Å². The molecule has 0 spiro atoms. The molecule has 5 nitrogen and oxygen atoms in total. The number of rotatable bonds is 6. The Morgan fingerprint density at radius 3 is 2.81 bits per heavy atom. The smallest absolute Gasteiger partial charge is 0.317 e. The van der Waals surface area contributed by atoms with Crippen LogP contribution in [0.15, 0.2) is 36.7 Å². The first kappa shape index (κ1) is 19.6. The molecule has 3 rings (SSSR count). The zero-order valence-corrected chi connectivity index (χ0v) is 16.8. The number of hydrogen-bond donors (Lipinski definition) is 1. The van der Waals surface area contributed by atoms with Crippen LogP contribution in [0.25, 0.3) is 10.8 Å². The molecule has 27 heavy (non-hydrogen) atoms. The van der Waals surface area contributed by atoms with Crippen LogP contribution in [0.1, 0.15) is 38.7 Å². The Hall–Kier alpha value is -2.14. The van der Waals surface area contributed by atoms with Crippen molar-refractivity contribution in [1.29, 1.82) is 0 Å². The maximum Gasteiger partial charge on any atom is 0.317 e. The summed E-state index contributed by atoms with van der Waals surface area (Å²) in [5.74, 6) is 0.733. The summed E-state index contributed by atoms with van der Waals surface area (Å²) in [5, 5.41) is 5.36. The molecule has 0 atom stereocenters. The number of piperidine rings is 1. The molecule has 1 aliphatic heterocycles. The zero-order valence-electron chi connectivity index (χ0n) is 16.8. The second-order valence-electron chi connectivity index (χ2n) is 7.96. The molecule has 1 aromatic carbocycles. The molecule has 1 fully saturated rings. The Bertz CT molecular complexity index is 748. The van der Waals surface area contributed by atoms with Gasteiger partial charge in [-0.15, -0.1) is 0 Å². The molecule has 1 N–H and O–H groups in total. The number of aromatic nitrogens is 1. The number of fused-ring (bicyclic) bond motifs is 1. The van der Waals surface area contributed by atoms with Crippen LogP contribution in [0.5, 0.6) is 0 Å².